The molecular formula is C21H17N3O4S. The maximum absolute atomic E-state index is 12.4. The summed E-state index contributed by atoms with van der Waals surface area (Å²) in [5, 5.41) is 4.68. The Kier molecular flexibility index (Phi) is 5.53. The largest absolute Gasteiger partial charge is 0.467 e. The quantitative estimate of drug-likeness (QED) is 0.530. The van der Waals surface area contributed by atoms with Crippen LogP contribution in [0.4, 0.5) is 0 Å². The minimum Gasteiger partial charge on any atom is -0.467 e. The molecule has 3 heterocycles. The SMILES string of the molecule is O=C(NCc1ccco1)c1cccc(Cn2ccsc2=NC(=O)c2ccco2)c1. The highest BCUT2D eigenvalue weighted by Crippen LogP contribution is 2.09. The molecule has 0 radical (unpaired) electrons. The molecule has 0 unspecified atom stereocenters. The van der Waals surface area contributed by atoms with Gasteiger partial charge in [0.2, 0.25) is 0 Å². The first-order valence-electron chi connectivity index (χ1n) is 8.85. The highest BCUT2D eigenvalue weighted by atomic mass is 32.1. The summed E-state index contributed by atoms with van der Waals surface area (Å²) >= 11 is 1.36. The van der Waals surface area contributed by atoms with E-state index in [0.717, 1.165) is 5.56 Å². The molecule has 7 nitrogen and oxygen atoms in total. The molecule has 1 N–H and O–H groups in total. The van der Waals surface area contributed by atoms with Gasteiger partial charge in [0.15, 0.2) is 10.6 Å². The van der Waals surface area contributed by atoms with Crippen LogP contribution in [-0.2, 0) is 13.1 Å². The fourth-order valence-electron chi connectivity index (χ4n) is 2.74. The second-order valence-corrected chi connectivity index (χ2v) is 7.04. The molecule has 4 rings (SSSR count). The number of carbonyl (C=O) groups is 2. The normalized spacial score (nSPS) is 11.5. The number of aromatic nitrogens is 1. The van der Waals surface area contributed by atoms with Crippen LogP contribution >= 0.6 is 11.3 Å². The summed E-state index contributed by atoms with van der Waals surface area (Å²) in [6, 6.07) is 14.1. The van der Waals surface area contributed by atoms with Crippen LogP contribution in [0.1, 0.15) is 32.2 Å². The Morgan fingerprint density at radius 2 is 1.93 bits per heavy atom. The average molecular weight is 407 g/mol. The smallest absolute Gasteiger partial charge is 0.315 e. The molecule has 0 saturated heterocycles. The Balaban J connectivity index is 1.48. The van der Waals surface area contributed by atoms with Gasteiger partial charge in [-0.05, 0) is 42.0 Å². The van der Waals surface area contributed by atoms with Gasteiger partial charge in [0, 0.05) is 23.7 Å². The Hall–Kier alpha value is -3.65. The Labute approximate surface area is 169 Å². The van der Waals surface area contributed by atoms with E-state index < -0.39 is 5.91 Å². The molecule has 0 atom stereocenters. The summed E-state index contributed by atoms with van der Waals surface area (Å²) in [7, 11) is 0. The second kappa shape index (κ2) is 8.57. The summed E-state index contributed by atoms with van der Waals surface area (Å²) in [5.74, 6) is 0.268. The van der Waals surface area contributed by atoms with Crippen molar-refractivity contribution in [3.63, 3.8) is 0 Å². The van der Waals surface area contributed by atoms with E-state index in [4.69, 9.17) is 8.83 Å². The standard InChI is InChI=1S/C21H17N3O4S/c25-19(22-13-17-6-2-9-27-17)16-5-1-4-15(12-16)14-24-8-11-29-21(24)23-20(26)18-7-3-10-28-18/h1-12H,13-14H2,(H,22,25). The third-order valence-electron chi connectivity index (χ3n) is 4.13. The lowest BCUT2D eigenvalue weighted by atomic mass is 10.1. The van der Waals surface area contributed by atoms with E-state index >= 15 is 0 Å². The number of benzene rings is 1. The van der Waals surface area contributed by atoms with Gasteiger partial charge in [-0.15, -0.1) is 11.3 Å². The molecule has 1 aromatic carbocycles. The monoisotopic (exact) mass is 407 g/mol. The van der Waals surface area contributed by atoms with Gasteiger partial charge < -0.3 is 18.7 Å². The molecule has 146 valence electrons. The summed E-state index contributed by atoms with van der Waals surface area (Å²) in [6.45, 7) is 0.806. The fourth-order valence-corrected chi connectivity index (χ4v) is 3.47. The van der Waals surface area contributed by atoms with Gasteiger partial charge in [-0.1, -0.05) is 12.1 Å². The lowest BCUT2D eigenvalue weighted by molar-refractivity contribution is 0.0946. The van der Waals surface area contributed by atoms with Crippen molar-refractivity contribution >= 4 is 23.2 Å². The van der Waals surface area contributed by atoms with Gasteiger partial charge in [-0.25, -0.2) is 0 Å². The van der Waals surface area contributed by atoms with Crippen LogP contribution in [0.15, 0.2) is 86.5 Å². The third-order valence-corrected chi connectivity index (χ3v) is 4.93. The minimum absolute atomic E-state index is 0.184. The molecule has 3 aromatic heterocycles. The zero-order chi connectivity index (χ0) is 20.1. The van der Waals surface area contributed by atoms with E-state index in [-0.39, 0.29) is 11.7 Å². The Bertz CT molecular complexity index is 1170. The molecule has 0 aliphatic rings. The van der Waals surface area contributed by atoms with Crippen LogP contribution in [0.2, 0.25) is 0 Å². The molecule has 0 spiro atoms. The highest BCUT2D eigenvalue weighted by molar-refractivity contribution is 7.07. The zero-order valence-electron chi connectivity index (χ0n) is 15.3. The van der Waals surface area contributed by atoms with Crippen molar-refractivity contribution in [3.8, 4) is 0 Å². The molecular weight excluding hydrogens is 390 g/mol. The molecule has 4 aromatic rings. The van der Waals surface area contributed by atoms with Gasteiger partial charge in [-0.3, -0.25) is 9.59 Å². The molecule has 0 saturated carbocycles. The van der Waals surface area contributed by atoms with Crippen molar-refractivity contribution in [1.29, 1.82) is 0 Å². The summed E-state index contributed by atoms with van der Waals surface area (Å²) in [4.78, 5) is 29.3. The van der Waals surface area contributed by atoms with Crippen molar-refractivity contribution in [1.82, 2.24) is 9.88 Å². The first-order valence-corrected chi connectivity index (χ1v) is 9.73. The van der Waals surface area contributed by atoms with E-state index in [1.54, 1.807) is 36.6 Å². The molecule has 0 aliphatic heterocycles. The van der Waals surface area contributed by atoms with Gasteiger partial charge in [0.05, 0.1) is 19.1 Å². The number of amides is 2. The average Bonchev–Trinajstić information content (AvgIpc) is 3.50. The lowest BCUT2D eigenvalue weighted by Gasteiger charge is -2.07. The number of nitrogens with zero attached hydrogens (tertiary/aromatic N) is 2. The van der Waals surface area contributed by atoms with E-state index in [0.29, 0.717) is 29.2 Å². The lowest BCUT2D eigenvalue weighted by Crippen LogP contribution is -2.23. The fraction of sp³-hybridized carbons (Fsp3) is 0.0952. The summed E-state index contributed by atoms with van der Waals surface area (Å²) in [6.07, 6.45) is 4.86. The van der Waals surface area contributed by atoms with Crippen LogP contribution in [-0.4, -0.2) is 16.4 Å². The summed E-state index contributed by atoms with van der Waals surface area (Å²) < 4.78 is 12.2. The maximum Gasteiger partial charge on any atom is 0.315 e. The van der Waals surface area contributed by atoms with Gasteiger partial charge in [0.1, 0.15) is 5.76 Å². The highest BCUT2D eigenvalue weighted by Gasteiger charge is 2.10. The van der Waals surface area contributed by atoms with Crippen molar-refractivity contribution < 1.29 is 18.4 Å². The predicted octanol–water partition coefficient (Wildman–Crippen LogP) is 3.46. The predicted molar refractivity (Wildman–Crippen MR) is 106 cm³/mol. The molecule has 29 heavy (non-hydrogen) atoms. The first-order chi connectivity index (χ1) is 14.2. The van der Waals surface area contributed by atoms with Crippen molar-refractivity contribution in [2.45, 2.75) is 13.1 Å². The second-order valence-electron chi connectivity index (χ2n) is 6.17. The number of rotatable bonds is 6. The van der Waals surface area contributed by atoms with Crippen molar-refractivity contribution in [2.75, 3.05) is 0 Å². The van der Waals surface area contributed by atoms with E-state index in [1.165, 1.54) is 17.6 Å². The van der Waals surface area contributed by atoms with Gasteiger partial charge >= 0.3 is 5.91 Å². The number of hydrogen-bond acceptors (Lipinski definition) is 5. The minimum atomic E-state index is -0.433. The van der Waals surface area contributed by atoms with Gasteiger partial charge in [0.25, 0.3) is 5.91 Å². The third kappa shape index (κ3) is 4.61. The van der Waals surface area contributed by atoms with E-state index in [2.05, 4.69) is 10.3 Å². The molecule has 0 bridgehead atoms. The molecule has 2 amide bonds. The molecule has 8 heteroatoms. The Morgan fingerprint density at radius 3 is 2.72 bits per heavy atom. The molecule has 0 aliphatic carbocycles. The van der Waals surface area contributed by atoms with Crippen LogP contribution in [0.5, 0.6) is 0 Å². The van der Waals surface area contributed by atoms with Crippen LogP contribution in [0.3, 0.4) is 0 Å². The maximum atomic E-state index is 12.4. The van der Waals surface area contributed by atoms with Crippen LogP contribution in [0.25, 0.3) is 0 Å². The van der Waals surface area contributed by atoms with Crippen LogP contribution in [0, 0.1) is 0 Å². The topological polar surface area (TPSA) is 89.7 Å². The van der Waals surface area contributed by atoms with E-state index in [9.17, 15) is 9.59 Å². The summed E-state index contributed by atoms with van der Waals surface area (Å²) in [5.41, 5.74) is 1.47. The van der Waals surface area contributed by atoms with Gasteiger partial charge in [-0.2, -0.15) is 4.99 Å². The van der Waals surface area contributed by atoms with Crippen molar-refractivity contribution in [2.24, 2.45) is 4.99 Å². The number of furan rings is 2. The van der Waals surface area contributed by atoms with E-state index in [1.807, 2.05) is 34.3 Å². The Morgan fingerprint density at radius 1 is 1.07 bits per heavy atom. The zero-order valence-corrected chi connectivity index (χ0v) is 16.1. The van der Waals surface area contributed by atoms with Crippen molar-refractivity contribution in [3.05, 3.63) is 100 Å². The number of nitrogens with one attached hydrogen (secondary N) is 1. The molecule has 0 fully saturated rings. The number of hydrogen-bond donors (Lipinski definition) is 1. The number of thiazole rings is 1. The van der Waals surface area contributed by atoms with Crippen LogP contribution < -0.4 is 10.1 Å². The number of carbonyl (C=O) groups excluding carboxylic acids is 2. The first kappa shape index (κ1) is 18.7.